The molecule has 0 amide bonds. The topological polar surface area (TPSA) is 66.4 Å². The van der Waals surface area contributed by atoms with Crippen molar-refractivity contribution in [2.24, 2.45) is 0 Å². The maximum absolute atomic E-state index is 10.1. The molecule has 63 valence electrons. The van der Waals surface area contributed by atoms with Crippen LogP contribution < -0.4 is 5.32 Å². The van der Waals surface area contributed by atoms with Crippen LogP contribution in [-0.4, -0.2) is 51.2 Å². The maximum atomic E-state index is 10.1. The van der Waals surface area contributed by atoms with Gasteiger partial charge in [0.05, 0.1) is 5.75 Å². The fraction of sp³-hybridized carbons (Fsp3) is 1.00. The molecule has 0 spiro atoms. The summed E-state index contributed by atoms with van der Waals surface area (Å²) in [6.45, 7) is 0.787. The molecular formula is C5H13LiNO3S. The van der Waals surface area contributed by atoms with E-state index in [1.807, 2.05) is 0 Å². The van der Waals surface area contributed by atoms with E-state index in [1.54, 1.807) is 7.05 Å². The van der Waals surface area contributed by atoms with E-state index < -0.39 is 10.1 Å². The third kappa shape index (κ3) is 13.5. The first kappa shape index (κ1) is 14.0. The molecule has 0 aliphatic carbocycles. The van der Waals surface area contributed by atoms with Gasteiger partial charge >= 0.3 is 0 Å². The number of hydrogen-bond acceptors (Lipinski definition) is 3. The Kier molecular flexibility index (Phi) is 9.09. The molecule has 0 rings (SSSR count). The van der Waals surface area contributed by atoms with Crippen LogP contribution in [0.5, 0.6) is 0 Å². The van der Waals surface area contributed by atoms with E-state index in [9.17, 15) is 8.42 Å². The van der Waals surface area contributed by atoms with E-state index in [2.05, 4.69) is 5.32 Å². The van der Waals surface area contributed by atoms with E-state index in [4.69, 9.17) is 4.55 Å². The first-order valence-corrected chi connectivity index (χ1v) is 4.77. The Hall–Kier alpha value is 0.467. The second kappa shape index (κ2) is 7.13. The van der Waals surface area contributed by atoms with E-state index in [0.717, 1.165) is 13.0 Å². The van der Waals surface area contributed by atoms with Crippen molar-refractivity contribution in [3.8, 4) is 0 Å². The van der Waals surface area contributed by atoms with Gasteiger partial charge in [0.25, 0.3) is 10.1 Å². The molecule has 0 saturated heterocycles. The van der Waals surface area contributed by atoms with Crippen LogP contribution in [0.2, 0.25) is 0 Å². The molecule has 0 aromatic carbocycles. The Morgan fingerprint density at radius 2 is 1.91 bits per heavy atom. The monoisotopic (exact) mass is 174 g/mol. The van der Waals surface area contributed by atoms with E-state index >= 15 is 0 Å². The standard InChI is InChI=1S/C5H13NO3S.Li/c1-6-4-2-3-5-10(7,8)9;/h6H,2-5H2,1H3,(H,7,8,9);. The van der Waals surface area contributed by atoms with Gasteiger partial charge in [0, 0.05) is 18.9 Å². The van der Waals surface area contributed by atoms with Gasteiger partial charge in [0.2, 0.25) is 0 Å². The summed E-state index contributed by atoms with van der Waals surface area (Å²) in [5, 5.41) is 2.88. The summed E-state index contributed by atoms with van der Waals surface area (Å²) in [4.78, 5) is 0. The number of rotatable bonds is 5. The summed E-state index contributed by atoms with van der Waals surface area (Å²) in [6.07, 6.45) is 1.29. The van der Waals surface area contributed by atoms with Crippen molar-refractivity contribution in [2.75, 3.05) is 19.3 Å². The number of hydrogen-bond donors (Lipinski definition) is 2. The van der Waals surface area contributed by atoms with E-state index in [0.29, 0.717) is 6.42 Å². The van der Waals surface area contributed by atoms with Gasteiger partial charge in [0.1, 0.15) is 0 Å². The molecule has 0 heterocycles. The third-order valence-electron chi connectivity index (χ3n) is 1.08. The fourth-order valence-electron chi connectivity index (χ4n) is 0.586. The minimum atomic E-state index is -3.73. The molecule has 2 N–H and O–H groups in total. The first-order chi connectivity index (χ1) is 4.56. The molecule has 0 unspecified atom stereocenters. The molecule has 4 nitrogen and oxygen atoms in total. The van der Waals surface area contributed by atoms with Crippen LogP contribution in [0.15, 0.2) is 0 Å². The Balaban J connectivity index is 0. The molecule has 0 atom stereocenters. The van der Waals surface area contributed by atoms with Crippen molar-refractivity contribution >= 4 is 29.0 Å². The van der Waals surface area contributed by atoms with Crippen LogP contribution in [0.3, 0.4) is 0 Å². The smallest absolute Gasteiger partial charge is 0.264 e. The largest absolute Gasteiger partial charge is 0.320 e. The van der Waals surface area contributed by atoms with Crippen LogP contribution in [0.1, 0.15) is 12.8 Å². The number of unbranched alkanes of at least 4 members (excludes halogenated alkanes) is 1. The quantitative estimate of drug-likeness (QED) is 0.335. The maximum Gasteiger partial charge on any atom is 0.264 e. The van der Waals surface area contributed by atoms with Crippen molar-refractivity contribution in [1.82, 2.24) is 5.32 Å². The van der Waals surface area contributed by atoms with Crippen LogP contribution in [0.25, 0.3) is 0 Å². The van der Waals surface area contributed by atoms with Crippen LogP contribution in [0.4, 0.5) is 0 Å². The van der Waals surface area contributed by atoms with Crippen molar-refractivity contribution in [3.63, 3.8) is 0 Å². The second-order valence-corrected chi connectivity index (χ2v) is 3.67. The van der Waals surface area contributed by atoms with Gasteiger partial charge in [-0.3, -0.25) is 4.55 Å². The van der Waals surface area contributed by atoms with Gasteiger partial charge < -0.3 is 5.32 Å². The average molecular weight is 174 g/mol. The molecule has 0 aliphatic rings. The summed E-state index contributed by atoms with van der Waals surface area (Å²) in [5.74, 6) is -0.130. The minimum absolute atomic E-state index is 0. The van der Waals surface area contributed by atoms with Crippen molar-refractivity contribution in [3.05, 3.63) is 0 Å². The summed E-state index contributed by atoms with van der Waals surface area (Å²) in [6, 6.07) is 0. The molecule has 0 aromatic rings. The minimum Gasteiger partial charge on any atom is -0.320 e. The third-order valence-corrected chi connectivity index (χ3v) is 1.88. The summed E-state index contributed by atoms with van der Waals surface area (Å²) in [5.41, 5.74) is 0. The molecule has 0 bridgehead atoms. The molecule has 0 aromatic heterocycles. The molecule has 1 radical (unpaired) electrons. The normalized spacial score (nSPS) is 10.7. The van der Waals surface area contributed by atoms with Gasteiger partial charge in [-0.15, -0.1) is 0 Å². The average Bonchev–Trinajstić information content (AvgIpc) is 1.78. The molecule has 11 heavy (non-hydrogen) atoms. The second-order valence-electron chi connectivity index (χ2n) is 2.10. The summed E-state index contributed by atoms with van der Waals surface area (Å²) in [7, 11) is -1.93. The Bertz CT molecular complexity index is 169. The van der Waals surface area contributed by atoms with Crippen LogP contribution >= 0.6 is 0 Å². The zero-order valence-electron chi connectivity index (χ0n) is 7.00. The van der Waals surface area contributed by atoms with Gasteiger partial charge in [-0.05, 0) is 26.4 Å². The van der Waals surface area contributed by atoms with Crippen molar-refractivity contribution < 1.29 is 13.0 Å². The van der Waals surface area contributed by atoms with Crippen LogP contribution in [-0.2, 0) is 10.1 Å². The first-order valence-electron chi connectivity index (χ1n) is 3.16. The van der Waals surface area contributed by atoms with Crippen molar-refractivity contribution in [1.29, 1.82) is 0 Å². The SMILES string of the molecule is CNCCCCS(=O)(=O)O.[Li]. The zero-order chi connectivity index (χ0) is 8.04. The summed E-state index contributed by atoms with van der Waals surface area (Å²) < 4.78 is 28.5. The zero-order valence-corrected chi connectivity index (χ0v) is 7.82. The molecule has 0 saturated carbocycles. The molecule has 6 heteroatoms. The Morgan fingerprint density at radius 3 is 2.27 bits per heavy atom. The predicted octanol–water partition coefficient (Wildman–Crippen LogP) is -0.507. The van der Waals surface area contributed by atoms with Crippen molar-refractivity contribution in [2.45, 2.75) is 12.8 Å². The van der Waals surface area contributed by atoms with E-state index in [1.165, 1.54) is 0 Å². The van der Waals surface area contributed by atoms with Gasteiger partial charge in [-0.1, -0.05) is 0 Å². The predicted molar refractivity (Wildman–Crippen MR) is 45.3 cm³/mol. The van der Waals surface area contributed by atoms with Crippen LogP contribution in [0, 0.1) is 0 Å². The fourth-order valence-corrected chi connectivity index (χ4v) is 1.16. The van der Waals surface area contributed by atoms with E-state index in [-0.39, 0.29) is 24.6 Å². The molecule has 0 aliphatic heterocycles. The van der Waals surface area contributed by atoms with Gasteiger partial charge in [-0.25, -0.2) is 0 Å². The van der Waals surface area contributed by atoms with Gasteiger partial charge in [0.15, 0.2) is 0 Å². The molecule has 0 fully saturated rings. The Labute approximate surface area is 79.7 Å². The summed E-state index contributed by atoms with van der Waals surface area (Å²) >= 11 is 0. The number of nitrogens with one attached hydrogen (secondary N) is 1. The Morgan fingerprint density at radius 1 is 1.36 bits per heavy atom. The molecular weight excluding hydrogens is 161 g/mol. The van der Waals surface area contributed by atoms with Gasteiger partial charge in [-0.2, -0.15) is 8.42 Å².